The molecule has 0 radical (unpaired) electrons. The maximum atomic E-state index is 11.4. The van der Waals surface area contributed by atoms with Gasteiger partial charge in [0.05, 0.1) is 6.04 Å². The van der Waals surface area contributed by atoms with Gasteiger partial charge >= 0.3 is 0 Å². The fraction of sp³-hybridized carbons (Fsp3) is 0.278. The Morgan fingerprint density at radius 1 is 1.13 bits per heavy atom. The average molecular weight is 329 g/mol. The summed E-state index contributed by atoms with van der Waals surface area (Å²) in [5.74, 6) is 0.379. The van der Waals surface area contributed by atoms with E-state index in [0.29, 0.717) is 5.96 Å². The van der Waals surface area contributed by atoms with Gasteiger partial charge in [0.25, 0.3) is 0 Å². The van der Waals surface area contributed by atoms with Crippen molar-refractivity contribution in [2.45, 2.75) is 31.7 Å². The summed E-state index contributed by atoms with van der Waals surface area (Å²) in [4.78, 5) is 5.29. The second-order valence-electron chi connectivity index (χ2n) is 5.64. The van der Waals surface area contributed by atoms with E-state index >= 15 is 0 Å². The van der Waals surface area contributed by atoms with Gasteiger partial charge < -0.3 is 11.1 Å². The van der Waals surface area contributed by atoms with E-state index in [-0.39, 0.29) is 6.04 Å². The predicted octanol–water partition coefficient (Wildman–Crippen LogP) is 3.53. The first-order chi connectivity index (χ1) is 10.9. The van der Waals surface area contributed by atoms with E-state index in [9.17, 15) is 4.21 Å². The third-order valence-electron chi connectivity index (χ3n) is 3.81. The summed E-state index contributed by atoms with van der Waals surface area (Å²) >= 11 is 0. The van der Waals surface area contributed by atoms with E-state index in [2.05, 4.69) is 30.2 Å². The smallest absolute Gasteiger partial charge is 0.193 e. The number of aryl methyl sites for hydroxylation is 2. The Hall–Kier alpha value is -2.14. The summed E-state index contributed by atoms with van der Waals surface area (Å²) in [6.07, 6.45) is 1.67. The quantitative estimate of drug-likeness (QED) is 0.666. The van der Waals surface area contributed by atoms with Crippen LogP contribution in [0.3, 0.4) is 0 Å². The Morgan fingerprint density at radius 2 is 1.78 bits per heavy atom. The molecule has 2 aromatic rings. The molecule has 5 heteroatoms. The molecule has 4 nitrogen and oxygen atoms in total. The molecule has 0 aliphatic rings. The highest BCUT2D eigenvalue weighted by Crippen LogP contribution is 2.19. The second-order valence-corrected chi connectivity index (χ2v) is 7.02. The van der Waals surface area contributed by atoms with Gasteiger partial charge in [0, 0.05) is 27.6 Å². The van der Waals surface area contributed by atoms with Crippen molar-refractivity contribution < 1.29 is 4.21 Å². The number of rotatable bonds is 4. The Bertz CT molecular complexity index is 738. The fourth-order valence-electron chi connectivity index (χ4n) is 2.22. The van der Waals surface area contributed by atoms with Gasteiger partial charge in [-0.15, -0.1) is 0 Å². The van der Waals surface area contributed by atoms with E-state index in [1.165, 1.54) is 11.1 Å². The van der Waals surface area contributed by atoms with Gasteiger partial charge in [-0.05, 0) is 61.7 Å². The average Bonchev–Trinajstić information content (AvgIpc) is 2.51. The molecule has 23 heavy (non-hydrogen) atoms. The normalized spacial score (nSPS) is 14.3. The lowest BCUT2D eigenvalue weighted by Crippen LogP contribution is -2.23. The number of guanidine groups is 1. The number of benzene rings is 2. The fourth-order valence-corrected chi connectivity index (χ4v) is 2.74. The second kappa shape index (κ2) is 7.42. The first-order valence-electron chi connectivity index (χ1n) is 7.47. The Balaban J connectivity index is 2.09. The lowest BCUT2D eigenvalue weighted by molar-refractivity contribution is 0.686. The largest absolute Gasteiger partial charge is 0.370 e. The molecule has 0 bridgehead atoms. The van der Waals surface area contributed by atoms with Crippen molar-refractivity contribution >= 4 is 22.4 Å². The van der Waals surface area contributed by atoms with Crippen LogP contribution < -0.4 is 11.1 Å². The molecule has 2 rings (SSSR count). The van der Waals surface area contributed by atoms with Gasteiger partial charge in [0.2, 0.25) is 0 Å². The molecular formula is C18H23N3OS. The summed E-state index contributed by atoms with van der Waals surface area (Å²) in [6.45, 7) is 6.12. The predicted molar refractivity (Wildman–Crippen MR) is 98.4 cm³/mol. The van der Waals surface area contributed by atoms with Crippen molar-refractivity contribution in [2.24, 2.45) is 10.7 Å². The molecule has 2 unspecified atom stereocenters. The molecule has 0 amide bonds. The molecule has 0 spiro atoms. The van der Waals surface area contributed by atoms with Crippen LogP contribution in [0.15, 0.2) is 52.4 Å². The van der Waals surface area contributed by atoms with Gasteiger partial charge in [-0.2, -0.15) is 0 Å². The molecule has 0 saturated carbocycles. The first kappa shape index (κ1) is 17.2. The molecule has 0 saturated heterocycles. The summed E-state index contributed by atoms with van der Waals surface area (Å²) in [6, 6.07) is 13.6. The minimum atomic E-state index is -0.965. The number of nitrogens with zero attached hydrogens (tertiary/aromatic N) is 1. The summed E-state index contributed by atoms with van der Waals surface area (Å²) in [7, 11) is -0.965. The van der Waals surface area contributed by atoms with E-state index in [1.807, 2.05) is 43.3 Å². The number of nitrogens with one attached hydrogen (secondary N) is 1. The van der Waals surface area contributed by atoms with Gasteiger partial charge in [-0.1, -0.05) is 18.2 Å². The van der Waals surface area contributed by atoms with Crippen molar-refractivity contribution in [3.63, 3.8) is 0 Å². The van der Waals surface area contributed by atoms with Crippen LogP contribution in [0.2, 0.25) is 0 Å². The Morgan fingerprint density at radius 3 is 2.35 bits per heavy atom. The number of anilines is 1. The van der Waals surface area contributed by atoms with E-state index in [0.717, 1.165) is 16.1 Å². The van der Waals surface area contributed by atoms with Gasteiger partial charge in [0.15, 0.2) is 5.96 Å². The van der Waals surface area contributed by atoms with Crippen LogP contribution in [0.25, 0.3) is 0 Å². The maximum Gasteiger partial charge on any atom is 0.193 e. The van der Waals surface area contributed by atoms with E-state index in [1.54, 1.807) is 6.26 Å². The molecular weight excluding hydrogens is 306 g/mol. The van der Waals surface area contributed by atoms with E-state index < -0.39 is 10.8 Å². The van der Waals surface area contributed by atoms with Crippen LogP contribution in [0.4, 0.5) is 5.69 Å². The maximum absolute atomic E-state index is 11.4. The zero-order chi connectivity index (χ0) is 17.0. The number of hydrogen-bond acceptors (Lipinski definition) is 2. The SMILES string of the molecule is Cc1ccc(NC(N)=NC(C)c2ccc(S(C)=O)cc2)cc1C. The van der Waals surface area contributed by atoms with Crippen LogP contribution in [-0.4, -0.2) is 16.4 Å². The molecule has 2 atom stereocenters. The van der Waals surface area contributed by atoms with Crippen molar-refractivity contribution in [1.29, 1.82) is 0 Å². The minimum absolute atomic E-state index is 0.0756. The Kier molecular flexibility index (Phi) is 5.55. The van der Waals surface area contributed by atoms with Crippen LogP contribution in [-0.2, 0) is 10.8 Å². The topological polar surface area (TPSA) is 67.5 Å². The van der Waals surface area contributed by atoms with Gasteiger partial charge in [-0.3, -0.25) is 4.21 Å². The Labute approximate surface area is 140 Å². The van der Waals surface area contributed by atoms with Crippen LogP contribution in [0, 0.1) is 13.8 Å². The summed E-state index contributed by atoms with van der Waals surface area (Å²) in [5.41, 5.74) is 10.4. The lowest BCUT2D eigenvalue weighted by Gasteiger charge is -2.12. The molecule has 122 valence electrons. The van der Waals surface area contributed by atoms with E-state index in [4.69, 9.17) is 5.73 Å². The third kappa shape index (κ3) is 4.66. The number of hydrogen-bond donors (Lipinski definition) is 2. The molecule has 0 aromatic heterocycles. The molecule has 2 aromatic carbocycles. The lowest BCUT2D eigenvalue weighted by atomic mass is 10.1. The standard InChI is InChI=1S/C18H23N3OS/c1-12-5-8-16(11-13(12)2)21-18(19)20-14(3)15-6-9-17(10-7-15)23(4)22/h5-11,14H,1-4H3,(H3,19,20,21). The summed E-state index contributed by atoms with van der Waals surface area (Å²) in [5, 5.41) is 3.12. The molecule has 0 aliphatic heterocycles. The monoisotopic (exact) mass is 329 g/mol. The van der Waals surface area contributed by atoms with Gasteiger partial charge in [-0.25, -0.2) is 4.99 Å². The summed E-state index contributed by atoms with van der Waals surface area (Å²) < 4.78 is 11.4. The molecule has 3 N–H and O–H groups in total. The highest BCUT2D eigenvalue weighted by molar-refractivity contribution is 7.84. The highest BCUT2D eigenvalue weighted by Gasteiger charge is 2.06. The van der Waals surface area contributed by atoms with Crippen LogP contribution >= 0.6 is 0 Å². The molecule has 0 fully saturated rings. The zero-order valence-corrected chi connectivity index (χ0v) is 14.8. The van der Waals surface area contributed by atoms with Crippen molar-refractivity contribution in [3.8, 4) is 0 Å². The van der Waals surface area contributed by atoms with Crippen molar-refractivity contribution in [1.82, 2.24) is 0 Å². The molecule has 0 heterocycles. The first-order valence-corrected chi connectivity index (χ1v) is 9.03. The van der Waals surface area contributed by atoms with Crippen LogP contribution in [0.5, 0.6) is 0 Å². The zero-order valence-electron chi connectivity index (χ0n) is 14.0. The minimum Gasteiger partial charge on any atom is -0.370 e. The molecule has 0 aliphatic carbocycles. The number of nitrogens with two attached hydrogens (primary N) is 1. The van der Waals surface area contributed by atoms with Crippen molar-refractivity contribution in [2.75, 3.05) is 11.6 Å². The third-order valence-corrected chi connectivity index (χ3v) is 4.74. The van der Waals surface area contributed by atoms with Crippen LogP contribution in [0.1, 0.15) is 29.7 Å². The highest BCUT2D eigenvalue weighted by atomic mass is 32.2. The van der Waals surface area contributed by atoms with Crippen molar-refractivity contribution in [3.05, 3.63) is 59.2 Å². The van der Waals surface area contributed by atoms with Gasteiger partial charge in [0.1, 0.15) is 0 Å². The number of aliphatic imine (C=N–C) groups is 1.